The molecule has 1 atom stereocenters. The number of anilines is 1. The van der Waals surface area contributed by atoms with Crippen LogP contribution in [-0.2, 0) is 9.53 Å². The number of carbonyl (C=O) groups excluding carboxylic acids is 1. The number of ether oxygens (including phenoxy) is 1. The lowest BCUT2D eigenvalue weighted by Gasteiger charge is -2.16. The second-order valence-corrected chi connectivity index (χ2v) is 5.28. The molecule has 0 aliphatic rings. The quantitative estimate of drug-likeness (QED) is 0.592. The van der Waals surface area contributed by atoms with Gasteiger partial charge in [-0.05, 0) is 36.9 Å². The second-order valence-electron chi connectivity index (χ2n) is 4.40. The van der Waals surface area contributed by atoms with E-state index in [0.717, 1.165) is 4.90 Å². The molecule has 0 radical (unpaired) electrons. The molecule has 1 aromatic carbocycles. The molecule has 1 aromatic rings. The van der Waals surface area contributed by atoms with Gasteiger partial charge in [0.2, 0.25) is 0 Å². The van der Waals surface area contributed by atoms with Crippen LogP contribution in [0.4, 0.5) is 10.5 Å². The van der Waals surface area contributed by atoms with Crippen LogP contribution in [0.15, 0.2) is 41.3 Å². The molecule has 1 rings (SSSR count). The minimum Gasteiger partial charge on any atom is -0.478 e. The van der Waals surface area contributed by atoms with Crippen molar-refractivity contribution in [1.82, 2.24) is 0 Å². The van der Waals surface area contributed by atoms with E-state index in [2.05, 4.69) is 11.9 Å². The standard InChI is InChI=1S/C15H19NO4S/c1-4-12(9-10(2)14(17)18)20-15(19)16-11-5-7-13(21-3)8-6-11/h5-8,12H,2,4,9H2,1,3H3,(H,16,19)(H,17,18). The van der Waals surface area contributed by atoms with Crippen LogP contribution in [0.5, 0.6) is 0 Å². The first kappa shape index (κ1) is 17.1. The molecule has 0 aliphatic carbocycles. The molecule has 0 bridgehead atoms. The van der Waals surface area contributed by atoms with Gasteiger partial charge in [-0.3, -0.25) is 5.32 Å². The van der Waals surface area contributed by atoms with E-state index in [4.69, 9.17) is 9.84 Å². The predicted molar refractivity (Wildman–Crippen MR) is 83.8 cm³/mol. The molecule has 1 amide bonds. The molecule has 114 valence electrons. The number of carbonyl (C=O) groups is 2. The first-order chi connectivity index (χ1) is 9.96. The number of carboxylic acid groups (broad SMARTS) is 1. The summed E-state index contributed by atoms with van der Waals surface area (Å²) in [4.78, 5) is 23.6. The molecule has 0 heterocycles. The summed E-state index contributed by atoms with van der Waals surface area (Å²) in [6.07, 6.45) is 1.50. The van der Waals surface area contributed by atoms with Crippen molar-refractivity contribution >= 4 is 29.5 Å². The second kappa shape index (κ2) is 8.36. The molecule has 21 heavy (non-hydrogen) atoms. The Labute approximate surface area is 128 Å². The summed E-state index contributed by atoms with van der Waals surface area (Å²) in [5.74, 6) is -1.08. The average Bonchev–Trinajstić information content (AvgIpc) is 2.47. The van der Waals surface area contributed by atoms with Crippen LogP contribution >= 0.6 is 11.8 Å². The normalized spacial score (nSPS) is 11.5. The number of rotatable bonds is 7. The van der Waals surface area contributed by atoms with Gasteiger partial charge >= 0.3 is 12.1 Å². The highest BCUT2D eigenvalue weighted by molar-refractivity contribution is 7.98. The largest absolute Gasteiger partial charge is 0.478 e. The highest BCUT2D eigenvalue weighted by Crippen LogP contribution is 2.18. The fraction of sp³-hybridized carbons (Fsp3) is 0.333. The Kier molecular flexibility index (Phi) is 6.81. The highest BCUT2D eigenvalue weighted by Gasteiger charge is 2.17. The van der Waals surface area contributed by atoms with Crippen LogP contribution in [-0.4, -0.2) is 29.5 Å². The lowest BCUT2D eigenvalue weighted by atomic mass is 10.1. The summed E-state index contributed by atoms with van der Waals surface area (Å²) in [5.41, 5.74) is 0.656. The van der Waals surface area contributed by atoms with E-state index in [9.17, 15) is 9.59 Å². The lowest BCUT2D eigenvalue weighted by Crippen LogP contribution is -2.23. The zero-order chi connectivity index (χ0) is 15.8. The number of amides is 1. The van der Waals surface area contributed by atoms with Crippen molar-refractivity contribution in [2.75, 3.05) is 11.6 Å². The van der Waals surface area contributed by atoms with Gasteiger partial charge in [-0.15, -0.1) is 11.8 Å². The molecule has 5 nitrogen and oxygen atoms in total. The number of thioether (sulfide) groups is 1. The monoisotopic (exact) mass is 309 g/mol. The maximum absolute atomic E-state index is 11.8. The molecule has 0 aromatic heterocycles. The third kappa shape index (κ3) is 5.91. The van der Waals surface area contributed by atoms with Crippen molar-refractivity contribution in [3.8, 4) is 0 Å². The Morgan fingerprint density at radius 3 is 2.48 bits per heavy atom. The van der Waals surface area contributed by atoms with Gasteiger partial charge in [0.25, 0.3) is 0 Å². The van der Waals surface area contributed by atoms with E-state index in [-0.39, 0.29) is 12.0 Å². The van der Waals surface area contributed by atoms with Crippen molar-refractivity contribution in [2.24, 2.45) is 0 Å². The summed E-state index contributed by atoms with van der Waals surface area (Å²) in [5, 5.41) is 11.4. The number of carboxylic acids is 1. The molecular formula is C15H19NO4S. The van der Waals surface area contributed by atoms with Gasteiger partial charge in [0.05, 0.1) is 0 Å². The van der Waals surface area contributed by atoms with Crippen molar-refractivity contribution in [3.05, 3.63) is 36.4 Å². The van der Waals surface area contributed by atoms with Crippen LogP contribution in [0.3, 0.4) is 0 Å². The number of aliphatic carboxylic acids is 1. The number of hydrogen-bond donors (Lipinski definition) is 2. The predicted octanol–water partition coefficient (Wildman–Crippen LogP) is 3.77. The molecule has 6 heteroatoms. The first-order valence-electron chi connectivity index (χ1n) is 6.49. The van der Waals surface area contributed by atoms with Crippen LogP contribution in [0.1, 0.15) is 19.8 Å². The summed E-state index contributed by atoms with van der Waals surface area (Å²) in [6.45, 7) is 5.26. The van der Waals surface area contributed by atoms with Gasteiger partial charge in [0.1, 0.15) is 6.10 Å². The Bertz CT molecular complexity index is 513. The van der Waals surface area contributed by atoms with Crippen molar-refractivity contribution in [3.63, 3.8) is 0 Å². The van der Waals surface area contributed by atoms with Gasteiger partial charge in [0.15, 0.2) is 0 Å². The Balaban J connectivity index is 2.53. The van der Waals surface area contributed by atoms with E-state index in [1.807, 2.05) is 25.3 Å². The van der Waals surface area contributed by atoms with Gasteiger partial charge in [-0.2, -0.15) is 0 Å². The van der Waals surface area contributed by atoms with Crippen molar-refractivity contribution in [2.45, 2.75) is 30.8 Å². The SMILES string of the molecule is C=C(CC(CC)OC(=O)Nc1ccc(SC)cc1)C(=O)O. The summed E-state index contributed by atoms with van der Waals surface area (Å²) >= 11 is 1.61. The minimum absolute atomic E-state index is 0.0268. The average molecular weight is 309 g/mol. The number of benzene rings is 1. The van der Waals surface area contributed by atoms with Crippen LogP contribution in [0.2, 0.25) is 0 Å². The Hall–Kier alpha value is -1.95. The maximum Gasteiger partial charge on any atom is 0.411 e. The highest BCUT2D eigenvalue weighted by atomic mass is 32.2. The molecule has 0 aliphatic heterocycles. The first-order valence-corrected chi connectivity index (χ1v) is 7.71. The number of nitrogens with one attached hydrogen (secondary N) is 1. The molecule has 0 saturated heterocycles. The Morgan fingerprint density at radius 2 is 2.00 bits per heavy atom. The Morgan fingerprint density at radius 1 is 1.38 bits per heavy atom. The van der Waals surface area contributed by atoms with Crippen molar-refractivity contribution < 1.29 is 19.4 Å². The summed E-state index contributed by atoms with van der Waals surface area (Å²) < 4.78 is 5.20. The van der Waals surface area contributed by atoms with E-state index in [1.54, 1.807) is 23.9 Å². The lowest BCUT2D eigenvalue weighted by molar-refractivity contribution is -0.133. The third-order valence-corrected chi connectivity index (χ3v) is 3.59. The van der Waals surface area contributed by atoms with E-state index >= 15 is 0 Å². The molecular weight excluding hydrogens is 290 g/mol. The maximum atomic E-state index is 11.8. The fourth-order valence-electron chi connectivity index (χ4n) is 1.60. The van der Waals surface area contributed by atoms with Gasteiger partial charge in [-0.1, -0.05) is 13.5 Å². The van der Waals surface area contributed by atoms with Gasteiger partial charge in [0, 0.05) is 22.6 Å². The van der Waals surface area contributed by atoms with Crippen LogP contribution < -0.4 is 5.32 Å². The van der Waals surface area contributed by atoms with Gasteiger partial charge in [-0.25, -0.2) is 9.59 Å². The smallest absolute Gasteiger partial charge is 0.411 e. The van der Waals surface area contributed by atoms with Gasteiger partial charge < -0.3 is 9.84 Å². The van der Waals surface area contributed by atoms with Crippen molar-refractivity contribution in [1.29, 1.82) is 0 Å². The van der Waals surface area contributed by atoms with E-state index in [1.165, 1.54) is 0 Å². The minimum atomic E-state index is -1.08. The molecule has 0 saturated carbocycles. The van der Waals surface area contributed by atoms with Crippen LogP contribution in [0.25, 0.3) is 0 Å². The van der Waals surface area contributed by atoms with E-state index < -0.39 is 18.2 Å². The molecule has 1 unspecified atom stereocenters. The summed E-state index contributed by atoms with van der Waals surface area (Å²) in [6, 6.07) is 7.35. The zero-order valence-corrected chi connectivity index (χ0v) is 12.9. The molecule has 0 spiro atoms. The molecule has 2 N–H and O–H groups in total. The zero-order valence-electron chi connectivity index (χ0n) is 12.1. The topological polar surface area (TPSA) is 75.6 Å². The van der Waals surface area contributed by atoms with E-state index in [0.29, 0.717) is 12.1 Å². The summed E-state index contributed by atoms with van der Waals surface area (Å²) in [7, 11) is 0. The van der Waals surface area contributed by atoms with Crippen LogP contribution in [0, 0.1) is 0 Å². The fourth-order valence-corrected chi connectivity index (χ4v) is 2.01. The number of hydrogen-bond acceptors (Lipinski definition) is 4. The third-order valence-electron chi connectivity index (χ3n) is 2.84. The molecule has 0 fully saturated rings.